The summed E-state index contributed by atoms with van der Waals surface area (Å²) in [4.78, 5) is 33.0. The Kier molecular flexibility index (Phi) is 5.68. The number of amides is 2. The molecule has 0 unspecified atom stereocenters. The molecule has 25 heavy (non-hydrogen) atoms. The zero-order valence-corrected chi connectivity index (χ0v) is 13.2. The van der Waals surface area contributed by atoms with Crippen molar-refractivity contribution in [3.05, 3.63) is 54.0 Å². The van der Waals surface area contributed by atoms with Gasteiger partial charge < -0.3 is 10.2 Å². The van der Waals surface area contributed by atoms with Crippen LogP contribution in [-0.4, -0.2) is 33.2 Å². The number of anilines is 1. The molecule has 2 heterocycles. The number of carbonyl (C=O) groups is 2. The van der Waals surface area contributed by atoms with Gasteiger partial charge in [-0.1, -0.05) is 6.07 Å². The number of hydrogen-bond acceptors (Lipinski definition) is 4. The Hall–Kier alpha value is -2.97. The van der Waals surface area contributed by atoms with E-state index in [1.807, 2.05) is 0 Å². The van der Waals surface area contributed by atoms with E-state index in [4.69, 9.17) is 0 Å². The lowest BCUT2D eigenvalue weighted by Crippen LogP contribution is -2.39. The van der Waals surface area contributed by atoms with Crippen LogP contribution in [0.4, 0.5) is 19.0 Å². The van der Waals surface area contributed by atoms with E-state index in [1.165, 1.54) is 4.90 Å². The lowest BCUT2D eigenvalue weighted by Gasteiger charge is -2.19. The average Bonchev–Trinajstić information content (AvgIpc) is 2.59. The maximum atomic E-state index is 12.5. The van der Waals surface area contributed by atoms with E-state index in [1.54, 1.807) is 31.3 Å². The smallest absolute Gasteiger partial charge is 0.329 e. The monoisotopic (exact) mass is 352 g/mol. The molecule has 132 valence electrons. The summed E-state index contributed by atoms with van der Waals surface area (Å²) in [5.74, 6) is -1.94. The zero-order valence-electron chi connectivity index (χ0n) is 13.2. The van der Waals surface area contributed by atoms with Gasteiger partial charge in [-0.25, -0.2) is 4.98 Å². The van der Waals surface area contributed by atoms with Crippen LogP contribution in [0.15, 0.2) is 42.7 Å². The highest BCUT2D eigenvalue weighted by Crippen LogP contribution is 2.28. The van der Waals surface area contributed by atoms with E-state index in [-0.39, 0.29) is 18.9 Å². The highest BCUT2D eigenvalue weighted by atomic mass is 19.4. The summed E-state index contributed by atoms with van der Waals surface area (Å²) in [6, 6.07) is 6.96. The Morgan fingerprint density at radius 3 is 2.44 bits per heavy atom. The minimum absolute atomic E-state index is 0.139. The molecular formula is C16H15F3N4O2. The number of nitrogens with one attached hydrogen (secondary N) is 1. The molecule has 6 nitrogen and oxygen atoms in total. The number of aromatic nitrogens is 2. The van der Waals surface area contributed by atoms with E-state index in [2.05, 4.69) is 15.3 Å². The van der Waals surface area contributed by atoms with Gasteiger partial charge in [0, 0.05) is 18.9 Å². The quantitative estimate of drug-likeness (QED) is 0.858. The largest absolute Gasteiger partial charge is 0.417 e. The highest BCUT2D eigenvalue weighted by molar-refractivity contribution is 6.39. The van der Waals surface area contributed by atoms with E-state index in [0.29, 0.717) is 11.9 Å². The van der Waals surface area contributed by atoms with Crippen LogP contribution in [0.2, 0.25) is 0 Å². The fourth-order valence-electron chi connectivity index (χ4n) is 1.96. The van der Waals surface area contributed by atoms with Crippen LogP contribution in [0.1, 0.15) is 18.2 Å². The number of nitrogens with zero attached hydrogens (tertiary/aromatic N) is 3. The fraction of sp³-hybridized carbons (Fsp3) is 0.250. The first kappa shape index (κ1) is 18.4. The first-order valence-corrected chi connectivity index (χ1v) is 7.34. The predicted molar refractivity (Wildman–Crippen MR) is 83.2 cm³/mol. The molecule has 0 saturated carbocycles. The van der Waals surface area contributed by atoms with Crippen molar-refractivity contribution in [1.82, 2.24) is 14.9 Å². The summed E-state index contributed by atoms with van der Waals surface area (Å²) >= 11 is 0. The first-order chi connectivity index (χ1) is 11.8. The second kappa shape index (κ2) is 7.73. The summed E-state index contributed by atoms with van der Waals surface area (Å²) in [5, 5.41) is 2.19. The van der Waals surface area contributed by atoms with Gasteiger partial charge in [0.1, 0.15) is 5.82 Å². The van der Waals surface area contributed by atoms with Crippen LogP contribution in [0.25, 0.3) is 0 Å². The highest BCUT2D eigenvalue weighted by Gasteiger charge is 2.31. The summed E-state index contributed by atoms with van der Waals surface area (Å²) in [5.41, 5.74) is -0.333. The maximum Gasteiger partial charge on any atom is 0.417 e. The average molecular weight is 352 g/mol. The van der Waals surface area contributed by atoms with Gasteiger partial charge in [-0.05, 0) is 31.2 Å². The molecule has 0 aromatic carbocycles. The molecule has 0 bridgehead atoms. The molecule has 2 aromatic heterocycles. The number of carbonyl (C=O) groups excluding carboxylic acids is 2. The molecule has 0 saturated heterocycles. The van der Waals surface area contributed by atoms with E-state index < -0.39 is 23.6 Å². The van der Waals surface area contributed by atoms with Crippen LogP contribution in [0.3, 0.4) is 0 Å². The molecule has 0 aliphatic carbocycles. The lowest BCUT2D eigenvalue weighted by atomic mass is 10.3. The van der Waals surface area contributed by atoms with E-state index in [9.17, 15) is 22.8 Å². The first-order valence-electron chi connectivity index (χ1n) is 7.34. The number of likely N-dealkylation sites (N-methyl/N-ethyl adjacent to an activating group) is 1. The Balaban J connectivity index is 2.02. The molecule has 0 aliphatic rings. The van der Waals surface area contributed by atoms with Crippen molar-refractivity contribution in [1.29, 1.82) is 0 Å². The Morgan fingerprint density at radius 1 is 1.16 bits per heavy atom. The molecule has 0 fully saturated rings. The van der Waals surface area contributed by atoms with Crippen molar-refractivity contribution in [2.75, 3.05) is 11.9 Å². The number of alkyl halides is 3. The third-order valence-electron chi connectivity index (χ3n) is 3.27. The van der Waals surface area contributed by atoms with Crippen molar-refractivity contribution in [2.45, 2.75) is 19.6 Å². The summed E-state index contributed by atoms with van der Waals surface area (Å²) in [7, 11) is 0. The van der Waals surface area contributed by atoms with Crippen molar-refractivity contribution in [3.8, 4) is 0 Å². The summed E-state index contributed by atoms with van der Waals surface area (Å²) in [6.45, 7) is 2.11. The molecule has 0 radical (unpaired) electrons. The van der Waals surface area contributed by atoms with Crippen LogP contribution in [0, 0.1) is 0 Å². The Bertz CT molecular complexity index is 733. The van der Waals surface area contributed by atoms with Gasteiger partial charge >= 0.3 is 18.0 Å². The van der Waals surface area contributed by atoms with Gasteiger partial charge in [-0.3, -0.25) is 14.6 Å². The van der Waals surface area contributed by atoms with Crippen molar-refractivity contribution < 1.29 is 22.8 Å². The lowest BCUT2D eigenvalue weighted by molar-refractivity contribution is -0.143. The van der Waals surface area contributed by atoms with Gasteiger partial charge in [0.15, 0.2) is 0 Å². The molecule has 2 aromatic rings. The van der Waals surface area contributed by atoms with Crippen LogP contribution < -0.4 is 5.32 Å². The minimum Gasteiger partial charge on any atom is -0.329 e. The fourth-order valence-corrected chi connectivity index (χ4v) is 1.96. The molecule has 9 heteroatoms. The minimum atomic E-state index is -4.52. The standard InChI is InChI=1S/C16H15F3N4O2/c1-2-23(10-12-5-3-4-8-20-12)15(25)14(24)22-13-7-6-11(9-21-13)16(17,18)19/h3-9H,2,10H2,1H3,(H,21,22,24). The van der Waals surface area contributed by atoms with Crippen LogP contribution in [0.5, 0.6) is 0 Å². The molecule has 2 rings (SSSR count). The zero-order chi connectivity index (χ0) is 18.4. The van der Waals surface area contributed by atoms with Gasteiger partial charge in [-0.2, -0.15) is 13.2 Å². The van der Waals surface area contributed by atoms with Gasteiger partial charge in [0.25, 0.3) is 0 Å². The third kappa shape index (κ3) is 5.00. The maximum absolute atomic E-state index is 12.5. The van der Waals surface area contributed by atoms with Crippen LogP contribution >= 0.6 is 0 Å². The molecule has 1 N–H and O–H groups in total. The van der Waals surface area contributed by atoms with Gasteiger partial charge in [0.2, 0.25) is 0 Å². The Morgan fingerprint density at radius 2 is 1.92 bits per heavy atom. The molecular weight excluding hydrogens is 337 g/mol. The normalized spacial score (nSPS) is 11.0. The topological polar surface area (TPSA) is 75.2 Å². The molecule has 0 aliphatic heterocycles. The van der Waals surface area contributed by atoms with E-state index in [0.717, 1.165) is 12.1 Å². The van der Waals surface area contributed by atoms with Gasteiger partial charge in [-0.15, -0.1) is 0 Å². The summed E-state index contributed by atoms with van der Waals surface area (Å²) < 4.78 is 37.4. The summed E-state index contributed by atoms with van der Waals surface area (Å²) in [6.07, 6.45) is -2.36. The number of halogens is 3. The number of rotatable bonds is 4. The van der Waals surface area contributed by atoms with E-state index >= 15 is 0 Å². The second-order valence-corrected chi connectivity index (χ2v) is 5.02. The third-order valence-corrected chi connectivity index (χ3v) is 3.27. The Labute approximate surface area is 141 Å². The SMILES string of the molecule is CCN(Cc1ccccn1)C(=O)C(=O)Nc1ccc(C(F)(F)F)cn1. The second-order valence-electron chi connectivity index (χ2n) is 5.02. The molecule has 0 atom stereocenters. The number of hydrogen-bond donors (Lipinski definition) is 1. The van der Waals surface area contributed by atoms with Gasteiger partial charge in [0.05, 0.1) is 17.8 Å². The van der Waals surface area contributed by atoms with Crippen LogP contribution in [-0.2, 0) is 22.3 Å². The molecule has 2 amide bonds. The predicted octanol–water partition coefficient (Wildman–Crippen LogP) is 2.48. The number of pyridine rings is 2. The van der Waals surface area contributed by atoms with Crippen molar-refractivity contribution >= 4 is 17.6 Å². The van der Waals surface area contributed by atoms with Crippen molar-refractivity contribution in [3.63, 3.8) is 0 Å². The van der Waals surface area contributed by atoms with Crippen molar-refractivity contribution in [2.24, 2.45) is 0 Å². The molecule has 0 spiro atoms.